The monoisotopic (exact) mass is 409 g/mol. The number of rotatable bonds is 6. The van der Waals surface area contributed by atoms with E-state index in [0.717, 1.165) is 32.5 Å². The van der Waals surface area contributed by atoms with Crippen molar-refractivity contribution in [1.82, 2.24) is 4.90 Å². The van der Waals surface area contributed by atoms with Crippen LogP contribution in [0.25, 0.3) is 0 Å². The van der Waals surface area contributed by atoms with E-state index in [9.17, 15) is 18.0 Å². The molecule has 0 bridgehead atoms. The van der Waals surface area contributed by atoms with Crippen molar-refractivity contribution in [1.29, 1.82) is 0 Å². The molecule has 0 spiro atoms. The fourth-order valence-corrected chi connectivity index (χ4v) is 3.81. The van der Waals surface area contributed by atoms with E-state index in [1.807, 2.05) is 6.26 Å². The molecule has 1 aliphatic rings. The number of ether oxygens (including phenoxy) is 1. The summed E-state index contributed by atoms with van der Waals surface area (Å²) < 4.78 is 40.5. The number of Topliss-reactive ketones (excluding diaryl/α,β-unsaturated/α-hetero) is 1. The van der Waals surface area contributed by atoms with Gasteiger partial charge in [-0.15, -0.1) is 24.9 Å². The minimum atomic E-state index is -4.73. The van der Waals surface area contributed by atoms with Crippen LogP contribution in [0.4, 0.5) is 13.2 Å². The third-order valence-electron chi connectivity index (χ3n) is 4.90. The maximum Gasteiger partial charge on any atom is 0.573 e. The normalized spacial score (nSPS) is 16.1. The first-order valence-corrected chi connectivity index (χ1v) is 10.3. The summed E-state index contributed by atoms with van der Waals surface area (Å²) in [5.41, 5.74) is 1.68. The maximum atomic E-state index is 12.6. The zero-order valence-electron chi connectivity index (χ0n) is 15.5. The van der Waals surface area contributed by atoms with Gasteiger partial charge in [0.15, 0.2) is 5.78 Å². The number of nitrogens with zero attached hydrogens (tertiary/aromatic N) is 1. The van der Waals surface area contributed by atoms with Crippen molar-refractivity contribution < 1.29 is 22.7 Å². The van der Waals surface area contributed by atoms with E-state index in [2.05, 4.69) is 33.9 Å². The van der Waals surface area contributed by atoms with Gasteiger partial charge in [-0.1, -0.05) is 12.1 Å². The second-order valence-corrected chi connectivity index (χ2v) is 7.71. The molecule has 150 valence electrons. The third-order valence-corrected chi connectivity index (χ3v) is 5.64. The molecule has 0 unspecified atom stereocenters. The molecule has 1 aliphatic heterocycles. The Morgan fingerprint density at radius 2 is 1.68 bits per heavy atom. The molecular weight excluding hydrogens is 387 g/mol. The van der Waals surface area contributed by atoms with Gasteiger partial charge < -0.3 is 4.74 Å². The van der Waals surface area contributed by atoms with Crippen molar-refractivity contribution in [2.45, 2.75) is 30.6 Å². The van der Waals surface area contributed by atoms with Crippen LogP contribution in [-0.4, -0.2) is 36.4 Å². The van der Waals surface area contributed by atoms with Crippen molar-refractivity contribution >= 4 is 17.5 Å². The maximum absolute atomic E-state index is 12.6. The first kappa shape index (κ1) is 20.7. The molecule has 3 nitrogen and oxygen atoms in total. The summed E-state index contributed by atoms with van der Waals surface area (Å²) in [5.74, 6) is -0.418. The first-order chi connectivity index (χ1) is 13.3. The summed E-state index contributed by atoms with van der Waals surface area (Å²) >= 11 is 1.71. The number of benzene rings is 2. The van der Waals surface area contributed by atoms with E-state index in [4.69, 9.17) is 0 Å². The smallest absolute Gasteiger partial charge is 0.406 e. The van der Waals surface area contributed by atoms with Crippen LogP contribution in [0.3, 0.4) is 0 Å². The van der Waals surface area contributed by atoms with Gasteiger partial charge in [0.05, 0.1) is 0 Å². The second-order valence-electron chi connectivity index (χ2n) is 6.83. The van der Waals surface area contributed by atoms with Crippen LogP contribution in [0.15, 0.2) is 53.4 Å². The van der Waals surface area contributed by atoms with Crippen LogP contribution in [0.2, 0.25) is 0 Å². The van der Waals surface area contributed by atoms with Gasteiger partial charge in [0, 0.05) is 22.9 Å². The molecular formula is C21H22F3NO2S. The number of alkyl halides is 3. The lowest BCUT2D eigenvalue weighted by molar-refractivity contribution is -0.274. The van der Waals surface area contributed by atoms with Crippen molar-refractivity contribution in [3.63, 3.8) is 0 Å². The fourth-order valence-electron chi connectivity index (χ4n) is 3.40. The van der Waals surface area contributed by atoms with Crippen molar-refractivity contribution in [2.75, 3.05) is 19.3 Å². The van der Waals surface area contributed by atoms with Gasteiger partial charge in [0.2, 0.25) is 0 Å². The van der Waals surface area contributed by atoms with Crippen LogP contribution < -0.4 is 4.74 Å². The Balaban J connectivity index is 1.51. The number of piperidine rings is 1. The zero-order valence-corrected chi connectivity index (χ0v) is 16.4. The Morgan fingerprint density at radius 3 is 2.21 bits per heavy atom. The summed E-state index contributed by atoms with van der Waals surface area (Å²) in [5, 5.41) is 0. The van der Waals surface area contributed by atoms with Crippen molar-refractivity contribution in [3.8, 4) is 5.75 Å². The zero-order chi connectivity index (χ0) is 20.1. The highest BCUT2D eigenvalue weighted by Crippen LogP contribution is 2.26. The molecule has 0 N–H and O–H groups in total. The van der Waals surface area contributed by atoms with E-state index in [1.165, 1.54) is 34.7 Å². The van der Waals surface area contributed by atoms with Gasteiger partial charge in [0.25, 0.3) is 0 Å². The Kier molecular flexibility index (Phi) is 6.67. The summed E-state index contributed by atoms with van der Waals surface area (Å²) in [7, 11) is 0. The molecule has 0 atom stereocenters. The lowest BCUT2D eigenvalue weighted by atomic mass is 9.88. The number of likely N-dealkylation sites (tertiary alicyclic amines) is 1. The SMILES string of the molecule is CSc1ccc(CN2CCC(C(=O)c3ccc(OC(F)(F)F)cc3)CC2)cc1. The Labute approximate surface area is 166 Å². The number of halogens is 3. The van der Waals surface area contributed by atoms with E-state index < -0.39 is 6.36 Å². The molecule has 1 saturated heterocycles. The Morgan fingerprint density at radius 1 is 1.07 bits per heavy atom. The minimum Gasteiger partial charge on any atom is -0.406 e. The quantitative estimate of drug-likeness (QED) is 0.472. The topological polar surface area (TPSA) is 29.5 Å². The average Bonchev–Trinajstić information content (AvgIpc) is 2.68. The molecule has 0 radical (unpaired) electrons. The first-order valence-electron chi connectivity index (χ1n) is 9.09. The van der Waals surface area contributed by atoms with E-state index >= 15 is 0 Å². The van der Waals surface area contributed by atoms with Gasteiger partial charge in [0.1, 0.15) is 5.75 Å². The molecule has 0 aromatic heterocycles. The molecule has 2 aromatic rings. The van der Waals surface area contributed by atoms with Gasteiger partial charge in [-0.25, -0.2) is 0 Å². The number of ketones is 1. The molecule has 0 aliphatic carbocycles. The van der Waals surface area contributed by atoms with Crippen LogP contribution in [-0.2, 0) is 6.54 Å². The second kappa shape index (κ2) is 9.01. The van der Waals surface area contributed by atoms with Gasteiger partial charge >= 0.3 is 6.36 Å². The molecule has 7 heteroatoms. The van der Waals surface area contributed by atoms with Crippen LogP contribution in [0, 0.1) is 5.92 Å². The van der Waals surface area contributed by atoms with Crippen LogP contribution >= 0.6 is 11.8 Å². The Bertz CT molecular complexity index is 783. The summed E-state index contributed by atoms with van der Waals surface area (Å²) in [4.78, 5) is 16.2. The summed E-state index contributed by atoms with van der Waals surface area (Å²) in [6.45, 7) is 2.52. The highest BCUT2D eigenvalue weighted by atomic mass is 32.2. The lowest BCUT2D eigenvalue weighted by Crippen LogP contribution is -2.35. The largest absolute Gasteiger partial charge is 0.573 e. The molecule has 28 heavy (non-hydrogen) atoms. The summed E-state index contributed by atoms with van der Waals surface area (Å²) in [6, 6.07) is 13.7. The van der Waals surface area contributed by atoms with Gasteiger partial charge in [-0.2, -0.15) is 0 Å². The number of thioether (sulfide) groups is 1. The number of hydrogen-bond acceptors (Lipinski definition) is 4. The van der Waals surface area contributed by atoms with Gasteiger partial charge in [-0.3, -0.25) is 9.69 Å². The van der Waals surface area contributed by atoms with Crippen molar-refractivity contribution in [2.24, 2.45) is 5.92 Å². The fraction of sp³-hybridized carbons (Fsp3) is 0.381. The van der Waals surface area contributed by atoms with Crippen LogP contribution in [0.5, 0.6) is 5.75 Å². The van der Waals surface area contributed by atoms with E-state index in [1.54, 1.807) is 11.8 Å². The third kappa shape index (κ3) is 5.75. The standard InChI is InChI=1S/C21H22F3NO2S/c1-28-19-8-2-15(3-9-19)14-25-12-10-17(11-13-25)20(26)16-4-6-18(7-5-16)27-21(22,23)24/h2-9,17H,10-14H2,1H3. The highest BCUT2D eigenvalue weighted by Gasteiger charge is 2.31. The number of hydrogen-bond donors (Lipinski definition) is 0. The molecule has 2 aromatic carbocycles. The lowest BCUT2D eigenvalue weighted by Gasteiger charge is -2.31. The van der Waals surface area contributed by atoms with E-state index in [-0.39, 0.29) is 17.5 Å². The molecule has 1 fully saturated rings. The number of carbonyl (C=O) groups is 1. The molecule has 0 saturated carbocycles. The molecule has 1 heterocycles. The van der Waals surface area contributed by atoms with Gasteiger partial charge in [-0.05, 0) is 74.1 Å². The summed E-state index contributed by atoms with van der Waals surface area (Å²) in [6.07, 6.45) is -1.17. The predicted octanol–water partition coefficient (Wildman–Crippen LogP) is 5.40. The van der Waals surface area contributed by atoms with E-state index in [0.29, 0.717) is 5.56 Å². The molecule has 0 amide bonds. The van der Waals surface area contributed by atoms with Crippen LogP contribution in [0.1, 0.15) is 28.8 Å². The Hall–Kier alpha value is -1.99. The number of carbonyl (C=O) groups excluding carboxylic acids is 1. The minimum absolute atomic E-state index is 0.0115. The molecule has 3 rings (SSSR count). The average molecular weight is 409 g/mol. The predicted molar refractivity (Wildman–Crippen MR) is 104 cm³/mol. The highest BCUT2D eigenvalue weighted by molar-refractivity contribution is 7.98. The van der Waals surface area contributed by atoms with Crippen molar-refractivity contribution in [3.05, 3.63) is 59.7 Å².